The minimum absolute atomic E-state index is 0.118. The van der Waals surface area contributed by atoms with Gasteiger partial charge in [-0.3, -0.25) is 0 Å². The molecular weight excluding hydrogens is 292 g/mol. The van der Waals surface area contributed by atoms with Gasteiger partial charge >= 0.3 is 0 Å². The van der Waals surface area contributed by atoms with E-state index in [-0.39, 0.29) is 6.04 Å². The molecule has 1 fully saturated rings. The van der Waals surface area contributed by atoms with Crippen LogP contribution in [0.4, 0.5) is 0 Å². The van der Waals surface area contributed by atoms with Crippen LogP contribution in [0.5, 0.6) is 0 Å². The Hall–Kier alpha value is -1.24. The topological polar surface area (TPSA) is 50.3 Å². The van der Waals surface area contributed by atoms with Gasteiger partial charge in [0.05, 0.1) is 22.1 Å². The van der Waals surface area contributed by atoms with E-state index in [2.05, 4.69) is 4.98 Å². The molecule has 1 aliphatic heterocycles. The second-order valence-corrected chi connectivity index (χ2v) is 7.61. The third kappa shape index (κ3) is 2.39. The van der Waals surface area contributed by atoms with Gasteiger partial charge in [-0.25, -0.2) is 13.4 Å². The lowest BCUT2D eigenvalue weighted by atomic mass is 10.2. The number of nitrogens with zero attached hydrogens (tertiary/aromatic N) is 2. The fourth-order valence-electron chi connectivity index (χ4n) is 2.56. The fraction of sp³-hybridized carbons (Fsp3) is 0.357. The molecule has 6 heteroatoms. The molecule has 0 N–H and O–H groups in total. The molecular formula is C14H16N2O2S2. The van der Waals surface area contributed by atoms with Gasteiger partial charge in [0.15, 0.2) is 0 Å². The van der Waals surface area contributed by atoms with Gasteiger partial charge in [0.1, 0.15) is 0 Å². The summed E-state index contributed by atoms with van der Waals surface area (Å²) < 4.78 is 27.1. The summed E-state index contributed by atoms with van der Waals surface area (Å²) in [7, 11) is -3.43. The SMILES string of the molecule is Cc1ccc(S(=O)(=O)N2CCCC2c2cscn2)cc1. The van der Waals surface area contributed by atoms with Crippen molar-refractivity contribution in [1.29, 1.82) is 0 Å². The number of aromatic nitrogens is 1. The van der Waals surface area contributed by atoms with Gasteiger partial charge in [-0.1, -0.05) is 17.7 Å². The predicted octanol–water partition coefficient (Wildman–Crippen LogP) is 2.98. The molecule has 0 aliphatic carbocycles. The first kappa shape index (κ1) is 13.7. The molecule has 0 amide bonds. The Balaban J connectivity index is 1.96. The summed E-state index contributed by atoms with van der Waals surface area (Å²) in [6, 6.07) is 6.91. The van der Waals surface area contributed by atoms with Crippen LogP contribution in [0.2, 0.25) is 0 Å². The normalized spacial score (nSPS) is 20.4. The molecule has 1 unspecified atom stereocenters. The summed E-state index contributed by atoms with van der Waals surface area (Å²) in [5, 5.41) is 1.94. The van der Waals surface area contributed by atoms with Gasteiger partial charge in [-0.15, -0.1) is 11.3 Å². The number of aryl methyl sites for hydroxylation is 1. The summed E-state index contributed by atoms with van der Waals surface area (Å²) in [6.07, 6.45) is 1.72. The first-order valence-corrected chi connectivity index (χ1v) is 8.94. The second kappa shape index (κ2) is 5.27. The Bertz CT molecular complexity index is 678. The summed E-state index contributed by atoms with van der Waals surface area (Å²) in [5.41, 5.74) is 3.68. The van der Waals surface area contributed by atoms with Crippen molar-refractivity contribution in [3.63, 3.8) is 0 Å². The molecule has 2 heterocycles. The van der Waals surface area contributed by atoms with Crippen LogP contribution in [-0.2, 0) is 10.0 Å². The average Bonchev–Trinajstić information content (AvgIpc) is 3.10. The molecule has 2 aromatic rings. The maximum atomic E-state index is 12.8. The van der Waals surface area contributed by atoms with Gasteiger partial charge in [0.2, 0.25) is 10.0 Å². The molecule has 3 rings (SSSR count). The van der Waals surface area contributed by atoms with Crippen LogP contribution < -0.4 is 0 Å². The van der Waals surface area contributed by atoms with E-state index >= 15 is 0 Å². The highest BCUT2D eigenvalue weighted by atomic mass is 32.2. The third-order valence-corrected chi connectivity index (χ3v) is 6.15. The molecule has 0 spiro atoms. The number of rotatable bonds is 3. The van der Waals surface area contributed by atoms with Crippen molar-refractivity contribution < 1.29 is 8.42 Å². The zero-order valence-electron chi connectivity index (χ0n) is 11.2. The standard InChI is InChI=1S/C14H16N2O2S2/c1-11-4-6-12(7-5-11)20(17,18)16-8-2-3-14(16)13-9-19-10-15-13/h4-7,9-10,14H,2-3,8H2,1H3. The largest absolute Gasteiger partial charge is 0.248 e. The smallest absolute Gasteiger partial charge is 0.243 e. The Morgan fingerprint density at radius 2 is 2.05 bits per heavy atom. The molecule has 0 bridgehead atoms. The summed E-state index contributed by atoms with van der Waals surface area (Å²) in [6.45, 7) is 2.52. The third-order valence-electron chi connectivity index (χ3n) is 3.62. The monoisotopic (exact) mass is 308 g/mol. The summed E-state index contributed by atoms with van der Waals surface area (Å²) in [4.78, 5) is 4.65. The van der Waals surface area contributed by atoms with Crippen molar-refractivity contribution in [1.82, 2.24) is 9.29 Å². The number of hydrogen-bond donors (Lipinski definition) is 0. The van der Waals surface area contributed by atoms with E-state index in [0.29, 0.717) is 11.4 Å². The molecule has 1 aromatic heterocycles. The van der Waals surface area contributed by atoms with Crippen LogP contribution >= 0.6 is 11.3 Å². The minimum atomic E-state index is -3.43. The zero-order valence-corrected chi connectivity index (χ0v) is 12.8. The highest BCUT2D eigenvalue weighted by molar-refractivity contribution is 7.89. The highest BCUT2D eigenvalue weighted by Crippen LogP contribution is 2.36. The van der Waals surface area contributed by atoms with E-state index in [0.717, 1.165) is 24.1 Å². The minimum Gasteiger partial charge on any atom is -0.248 e. The van der Waals surface area contributed by atoms with Gasteiger partial charge in [0, 0.05) is 11.9 Å². The molecule has 1 aliphatic rings. The van der Waals surface area contributed by atoms with Crippen molar-refractivity contribution in [3.05, 3.63) is 46.4 Å². The number of thiazole rings is 1. The first-order valence-electron chi connectivity index (χ1n) is 6.55. The molecule has 0 radical (unpaired) electrons. The average molecular weight is 308 g/mol. The second-order valence-electron chi connectivity index (χ2n) is 5.00. The lowest BCUT2D eigenvalue weighted by Gasteiger charge is -2.22. The van der Waals surface area contributed by atoms with Crippen LogP contribution in [0.3, 0.4) is 0 Å². The van der Waals surface area contributed by atoms with Crippen molar-refractivity contribution in [2.75, 3.05) is 6.54 Å². The number of benzene rings is 1. The highest BCUT2D eigenvalue weighted by Gasteiger charge is 2.36. The maximum Gasteiger partial charge on any atom is 0.243 e. The van der Waals surface area contributed by atoms with Crippen LogP contribution in [0.1, 0.15) is 30.1 Å². The number of sulfonamides is 1. The lowest BCUT2D eigenvalue weighted by Crippen LogP contribution is -2.30. The van der Waals surface area contributed by atoms with E-state index in [4.69, 9.17) is 0 Å². The van der Waals surface area contributed by atoms with E-state index < -0.39 is 10.0 Å². The van der Waals surface area contributed by atoms with Crippen molar-refractivity contribution in [3.8, 4) is 0 Å². The Morgan fingerprint density at radius 1 is 1.30 bits per heavy atom. The number of hydrogen-bond acceptors (Lipinski definition) is 4. The zero-order chi connectivity index (χ0) is 14.2. The van der Waals surface area contributed by atoms with Crippen molar-refractivity contribution >= 4 is 21.4 Å². The van der Waals surface area contributed by atoms with Crippen LogP contribution in [0.25, 0.3) is 0 Å². The molecule has 4 nitrogen and oxygen atoms in total. The Kier molecular flexibility index (Phi) is 3.62. The quantitative estimate of drug-likeness (QED) is 0.876. The van der Waals surface area contributed by atoms with Crippen molar-refractivity contribution in [2.45, 2.75) is 30.7 Å². The molecule has 1 atom stereocenters. The van der Waals surface area contributed by atoms with E-state index in [9.17, 15) is 8.42 Å². The molecule has 106 valence electrons. The predicted molar refractivity (Wildman–Crippen MR) is 79.2 cm³/mol. The van der Waals surface area contributed by atoms with Gasteiger partial charge in [-0.2, -0.15) is 4.31 Å². The van der Waals surface area contributed by atoms with Crippen LogP contribution in [0.15, 0.2) is 40.1 Å². The van der Waals surface area contributed by atoms with Gasteiger partial charge < -0.3 is 0 Å². The van der Waals surface area contributed by atoms with E-state index in [1.165, 1.54) is 11.3 Å². The fourth-order valence-corrected chi connectivity index (χ4v) is 4.82. The first-order chi connectivity index (χ1) is 9.59. The summed E-state index contributed by atoms with van der Waals surface area (Å²) in [5.74, 6) is 0. The Labute approximate surface area is 123 Å². The maximum absolute atomic E-state index is 12.8. The molecule has 1 saturated heterocycles. The lowest BCUT2D eigenvalue weighted by molar-refractivity contribution is 0.391. The molecule has 0 saturated carbocycles. The molecule has 1 aromatic carbocycles. The van der Waals surface area contributed by atoms with Crippen LogP contribution in [0, 0.1) is 6.92 Å². The van der Waals surface area contributed by atoms with Gasteiger partial charge in [-0.05, 0) is 31.9 Å². The van der Waals surface area contributed by atoms with E-state index in [1.807, 2.05) is 24.4 Å². The Morgan fingerprint density at radius 3 is 2.70 bits per heavy atom. The van der Waals surface area contributed by atoms with Crippen LogP contribution in [-0.4, -0.2) is 24.3 Å². The van der Waals surface area contributed by atoms with Crippen molar-refractivity contribution in [2.24, 2.45) is 0 Å². The van der Waals surface area contributed by atoms with Gasteiger partial charge in [0.25, 0.3) is 0 Å². The van der Waals surface area contributed by atoms with E-state index in [1.54, 1.807) is 21.9 Å². The molecule has 20 heavy (non-hydrogen) atoms. The summed E-state index contributed by atoms with van der Waals surface area (Å²) >= 11 is 1.50.